The van der Waals surface area contributed by atoms with Crippen molar-refractivity contribution in [3.63, 3.8) is 0 Å². The van der Waals surface area contributed by atoms with Gasteiger partial charge in [0.1, 0.15) is 6.61 Å². The summed E-state index contributed by atoms with van der Waals surface area (Å²) in [4.78, 5) is 26.9. The van der Waals surface area contributed by atoms with Gasteiger partial charge in [-0.3, -0.25) is 9.69 Å². The van der Waals surface area contributed by atoms with E-state index in [9.17, 15) is 9.59 Å². The van der Waals surface area contributed by atoms with Crippen LogP contribution in [0.1, 0.15) is 23.5 Å². The van der Waals surface area contributed by atoms with Crippen molar-refractivity contribution in [2.24, 2.45) is 0 Å². The van der Waals surface area contributed by atoms with Crippen LogP contribution in [0.5, 0.6) is 0 Å². The largest absolute Gasteiger partial charge is 0.456 e. The van der Waals surface area contributed by atoms with Crippen molar-refractivity contribution < 1.29 is 14.3 Å². The molecule has 2 aromatic rings. The van der Waals surface area contributed by atoms with Crippen LogP contribution in [-0.4, -0.2) is 18.5 Å². The predicted octanol–water partition coefficient (Wildman–Crippen LogP) is 3.98. The molecule has 0 spiro atoms. The van der Waals surface area contributed by atoms with E-state index in [0.29, 0.717) is 16.3 Å². The minimum Gasteiger partial charge on any atom is -0.456 e. The molecule has 0 radical (unpaired) electrons. The third-order valence-electron chi connectivity index (χ3n) is 4.69. The maximum atomic E-state index is 12.9. The summed E-state index contributed by atoms with van der Waals surface area (Å²) >= 11 is 6.31. The monoisotopic (exact) mass is 353 g/mol. The van der Waals surface area contributed by atoms with Gasteiger partial charge >= 0.3 is 5.97 Å². The third kappa shape index (κ3) is 2.63. The molecule has 0 aliphatic carbocycles. The van der Waals surface area contributed by atoms with Crippen molar-refractivity contribution >= 4 is 29.2 Å². The third-order valence-corrected chi connectivity index (χ3v) is 5.03. The average Bonchev–Trinajstić information content (AvgIpc) is 2.98. The van der Waals surface area contributed by atoms with Crippen molar-refractivity contribution in [1.82, 2.24) is 0 Å². The highest BCUT2D eigenvalue weighted by Gasteiger charge is 2.43. The van der Waals surface area contributed by atoms with E-state index >= 15 is 0 Å². The topological polar surface area (TPSA) is 46.6 Å². The Morgan fingerprint density at radius 3 is 2.52 bits per heavy atom. The highest BCUT2D eigenvalue weighted by atomic mass is 35.5. The summed E-state index contributed by atoms with van der Waals surface area (Å²) in [6, 6.07) is 15.0. The molecule has 2 aliphatic rings. The Morgan fingerprint density at radius 2 is 1.80 bits per heavy atom. The Hall–Kier alpha value is -2.59. The lowest BCUT2D eigenvalue weighted by Gasteiger charge is -2.32. The molecule has 5 heteroatoms. The lowest BCUT2D eigenvalue weighted by Crippen LogP contribution is -2.37. The van der Waals surface area contributed by atoms with Gasteiger partial charge in [0.15, 0.2) is 0 Å². The second-order valence-electron chi connectivity index (χ2n) is 6.28. The molecule has 0 unspecified atom stereocenters. The molecule has 0 bridgehead atoms. The van der Waals surface area contributed by atoms with Gasteiger partial charge in [-0.15, -0.1) is 0 Å². The Kier molecular flexibility index (Phi) is 3.85. The molecular weight excluding hydrogens is 338 g/mol. The van der Waals surface area contributed by atoms with Gasteiger partial charge in [0.25, 0.3) is 0 Å². The summed E-state index contributed by atoms with van der Waals surface area (Å²) in [5, 5.41) is 0.552. The van der Waals surface area contributed by atoms with E-state index in [1.54, 1.807) is 11.0 Å². The number of benzene rings is 2. The molecule has 1 amide bonds. The maximum absolute atomic E-state index is 12.9. The number of cyclic esters (lactones) is 1. The van der Waals surface area contributed by atoms with E-state index in [2.05, 4.69) is 0 Å². The van der Waals surface area contributed by atoms with Gasteiger partial charge in [0.2, 0.25) is 5.91 Å². The van der Waals surface area contributed by atoms with E-state index in [0.717, 1.165) is 16.8 Å². The molecular formula is C20H16ClNO3. The zero-order chi connectivity index (χ0) is 17.6. The van der Waals surface area contributed by atoms with Gasteiger partial charge < -0.3 is 4.74 Å². The van der Waals surface area contributed by atoms with E-state index in [1.807, 2.05) is 49.4 Å². The number of carbonyl (C=O) groups is 2. The molecule has 2 heterocycles. The zero-order valence-corrected chi connectivity index (χ0v) is 14.4. The number of hydrogen-bond donors (Lipinski definition) is 0. The minimum absolute atomic E-state index is 0.0641. The summed E-state index contributed by atoms with van der Waals surface area (Å²) < 4.78 is 5.27. The van der Waals surface area contributed by atoms with Crippen molar-refractivity contribution in [2.75, 3.05) is 11.5 Å². The highest BCUT2D eigenvalue weighted by Crippen LogP contribution is 2.43. The van der Waals surface area contributed by atoms with Crippen LogP contribution in [0, 0.1) is 6.92 Å². The van der Waals surface area contributed by atoms with Gasteiger partial charge in [0.05, 0.1) is 11.3 Å². The van der Waals surface area contributed by atoms with Crippen LogP contribution in [0.25, 0.3) is 0 Å². The number of anilines is 1. The fraction of sp³-hybridized carbons (Fsp3) is 0.200. The number of halogens is 1. The molecule has 0 aromatic heterocycles. The number of carbonyl (C=O) groups excluding carboxylic acids is 2. The average molecular weight is 354 g/mol. The number of aryl methyl sites for hydroxylation is 1. The first-order valence-corrected chi connectivity index (χ1v) is 8.48. The van der Waals surface area contributed by atoms with Gasteiger partial charge in [-0.05, 0) is 30.7 Å². The van der Waals surface area contributed by atoms with Crippen LogP contribution < -0.4 is 4.90 Å². The fourth-order valence-corrected chi connectivity index (χ4v) is 3.74. The molecule has 0 saturated carbocycles. The van der Waals surface area contributed by atoms with Gasteiger partial charge in [-0.1, -0.05) is 47.5 Å². The summed E-state index contributed by atoms with van der Waals surface area (Å²) in [7, 11) is 0. The van der Waals surface area contributed by atoms with Crippen LogP contribution in [0.4, 0.5) is 5.69 Å². The minimum atomic E-state index is -0.371. The van der Waals surface area contributed by atoms with Gasteiger partial charge in [-0.2, -0.15) is 0 Å². The Labute approximate surface area is 150 Å². The number of esters is 1. The summed E-state index contributed by atoms with van der Waals surface area (Å²) in [5.41, 5.74) is 3.80. The Morgan fingerprint density at radius 1 is 1.08 bits per heavy atom. The number of hydrogen-bond acceptors (Lipinski definition) is 3. The number of nitrogens with zero attached hydrogens (tertiary/aromatic N) is 1. The summed E-state index contributed by atoms with van der Waals surface area (Å²) in [6.45, 7) is 2.09. The quantitative estimate of drug-likeness (QED) is 0.767. The van der Waals surface area contributed by atoms with E-state index in [1.165, 1.54) is 0 Å². The number of rotatable bonds is 2. The maximum Gasteiger partial charge on any atom is 0.336 e. The number of ether oxygens (including phenoxy) is 1. The SMILES string of the molecule is Cc1ccc(N2C(=O)C[C@@H](c3ccccc3Cl)C3=C2COC3=O)cc1. The predicted molar refractivity (Wildman–Crippen MR) is 95.5 cm³/mol. The Balaban J connectivity index is 1.85. The zero-order valence-electron chi connectivity index (χ0n) is 13.7. The number of amides is 1. The molecule has 126 valence electrons. The molecule has 2 aliphatic heterocycles. The van der Waals surface area contributed by atoms with Crippen LogP contribution in [0.15, 0.2) is 59.8 Å². The standard InChI is InChI=1S/C20H16ClNO3/c1-12-6-8-13(9-7-12)22-17-11-25-20(24)19(17)15(10-18(22)23)14-4-2-3-5-16(14)21/h2-9,15H,10-11H2,1H3/t15-/m0/s1. The van der Waals surface area contributed by atoms with Gasteiger partial charge in [-0.25, -0.2) is 4.79 Å². The van der Waals surface area contributed by atoms with Crippen LogP contribution in [-0.2, 0) is 14.3 Å². The van der Waals surface area contributed by atoms with Crippen LogP contribution in [0.2, 0.25) is 5.02 Å². The second kappa shape index (κ2) is 6.05. The molecule has 0 fully saturated rings. The first-order valence-electron chi connectivity index (χ1n) is 8.10. The van der Waals surface area contributed by atoms with Crippen molar-refractivity contribution in [3.05, 3.63) is 76.0 Å². The van der Waals surface area contributed by atoms with E-state index in [4.69, 9.17) is 16.3 Å². The summed E-state index contributed by atoms with van der Waals surface area (Å²) in [5.74, 6) is -0.803. The second-order valence-corrected chi connectivity index (χ2v) is 6.69. The smallest absolute Gasteiger partial charge is 0.336 e. The van der Waals surface area contributed by atoms with Crippen LogP contribution >= 0.6 is 11.6 Å². The molecule has 4 rings (SSSR count). The lowest BCUT2D eigenvalue weighted by atomic mass is 9.84. The highest BCUT2D eigenvalue weighted by molar-refractivity contribution is 6.31. The van der Waals surface area contributed by atoms with Crippen LogP contribution in [0.3, 0.4) is 0 Å². The molecule has 1 atom stereocenters. The molecule has 0 N–H and O–H groups in total. The lowest BCUT2D eigenvalue weighted by molar-refractivity contribution is -0.136. The fourth-order valence-electron chi connectivity index (χ4n) is 3.47. The first-order chi connectivity index (χ1) is 12.1. The first kappa shape index (κ1) is 15.9. The molecule has 0 saturated heterocycles. The summed E-state index contributed by atoms with van der Waals surface area (Å²) in [6.07, 6.45) is 0.186. The van der Waals surface area contributed by atoms with Gasteiger partial charge in [0, 0.05) is 23.0 Å². The van der Waals surface area contributed by atoms with E-state index < -0.39 is 0 Å². The normalized spacial score (nSPS) is 19.9. The Bertz CT molecular complexity index is 901. The van der Waals surface area contributed by atoms with E-state index in [-0.39, 0.29) is 30.8 Å². The van der Waals surface area contributed by atoms with Crippen molar-refractivity contribution in [3.8, 4) is 0 Å². The van der Waals surface area contributed by atoms with Crippen molar-refractivity contribution in [2.45, 2.75) is 19.3 Å². The molecule has 4 nitrogen and oxygen atoms in total. The van der Waals surface area contributed by atoms with Crippen molar-refractivity contribution in [1.29, 1.82) is 0 Å². The molecule has 2 aromatic carbocycles. The molecule has 25 heavy (non-hydrogen) atoms.